The number of hydrogen-bond donors (Lipinski definition) is 0. The van der Waals surface area contributed by atoms with Crippen LogP contribution in [0.1, 0.15) is 5.69 Å². The van der Waals surface area contributed by atoms with Crippen LogP contribution in [0.4, 0.5) is 0 Å². The molecule has 0 unspecified atom stereocenters. The first kappa shape index (κ1) is 7.55. The van der Waals surface area contributed by atoms with Crippen LogP contribution in [0.5, 0.6) is 5.88 Å². The zero-order valence-electron chi connectivity index (χ0n) is 7.00. The summed E-state index contributed by atoms with van der Waals surface area (Å²) in [6.45, 7) is 2.00. The van der Waals surface area contributed by atoms with Gasteiger partial charge in [-0.3, -0.25) is 0 Å². The Kier molecular flexibility index (Phi) is 1.73. The van der Waals surface area contributed by atoms with Gasteiger partial charge in [0.1, 0.15) is 0 Å². The highest BCUT2D eigenvalue weighted by atomic mass is 32.1. The number of ether oxygens (including phenoxy) is 1. The number of hydrogen-bond acceptors (Lipinski definition) is 3. The van der Waals surface area contributed by atoms with E-state index >= 15 is 0 Å². The first-order valence-corrected chi connectivity index (χ1v) is 4.58. The SMILES string of the molecule is COc1cc2sccc2c(C)n1. The van der Waals surface area contributed by atoms with Crippen LogP contribution in [0.15, 0.2) is 17.5 Å². The van der Waals surface area contributed by atoms with E-state index in [2.05, 4.69) is 16.4 Å². The molecule has 62 valence electrons. The van der Waals surface area contributed by atoms with Gasteiger partial charge in [-0.05, 0) is 18.4 Å². The minimum absolute atomic E-state index is 0.697. The number of pyridine rings is 1. The van der Waals surface area contributed by atoms with E-state index in [-0.39, 0.29) is 0 Å². The Hall–Kier alpha value is -1.09. The third-order valence-corrected chi connectivity index (χ3v) is 2.69. The van der Waals surface area contributed by atoms with Gasteiger partial charge in [0, 0.05) is 21.8 Å². The molecule has 2 aromatic rings. The molecular weight excluding hydrogens is 170 g/mol. The summed E-state index contributed by atoms with van der Waals surface area (Å²) in [6, 6.07) is 4.05. The molecule has 2 aromatic heterocycles. The number of methoxy groups -OCH3 is 1. The molecule has 0 N–H and O–H groups in total. The van der Waals surface area contributed by atoms with E-state index in [1.54, 1.807) is 18.4 Å². The molecule has 0 radical (unpaired) electrons. The first-order valence-electron chi connectivity index (χ1n) is 3.70. The number of fused-ring (bicyclic) bond motifs is 1. The molecule has 12 heavy (non-hydrogen) atoms. The molecule has 0 aromatic carbocycles. The Bertz CT molecular complexity index is 408. The lowest BCUT2D eigenvalue weighted by Crippen LogP contribution is -1.88. The van der Waals surface area contributed by atoms with Gasteiger partial charge < -0.3 is 4.74 Å². The maximum absolute atomic E-state index is 5.07. The fraction of sp³-hybridized carbons (Fsp3) is 0.222. The normalized spacial score (nSPS) is 10.5. The van der Waals surface area contributed by atoms with E-state index in [1.165, 1.54) is 10.1 Å². The third-order valence-electron chi connectivity index (χ3n) is 1.83. The summed E-state index contributed by atoms with van der Waals surface area (Å²) in [6.07, 6.45) is 0. The first-order chi connectivity index (χ1) is 5.81. The summed E-state index contributed by atoms with van der Waals surface area (Å²) in [7, 11) is 1.64. The summed E-state index contributed by atoms with van der Waals surface area (Å²) >= 11 is 1.71. The molecule has 0 atom stereocenters. The van der Waals surface area contributed by atoms with Crippen molar-refractivity contribution in [1.29, 1.82) is 0 Å². The van der Waals surface area contributed by atoms with Crippen molar-refractivity contribution in [1.82, 2.24) is 4.98 Å². The molecule has 0 aliphatic heterocycles. The van der Waals surface area contributed by atoms with Crippen LogP contribution < -0.4 is 4.74 Å². The molecule has 0 amide bonds. The lowest BCUT2D eigenvalue weighted by molar-refractivity contribution is 0.398. The van der Waals surface area contributed by atoms with Crippen LogP contribution in [0, 0.1) is 6.92 Å². The van der Waals surface area contributed by atoms with Gasteiger partial charge in [0.15, 0.2) is 0 Å². The fourth-order valence-electron chi connectivity index (χ4n) is 1.21. The second kappa shape index (κ2) is 2.75. The molecule has 3 heteroatoms. The second-order valence-corrected chi connectivity index (χ2v) is 3.53. The summed E-state index contributed by atoms with van der Waals surface area (Å²) in [5, 5.41) is 3.29. The highest BCUT2D eigenvalue weighted by molar-refractivity contribution is 7.17. The number of aromatic nitrogens is 1. The predicted molar refractivity (Wildman–Crippen MR) is 50.9 cm³/mol. The lowest BCUT2D eigenvalue weighted by atomic mass is 10.2. The summed E-state index contributed by atoms with van der Waals surface area (Å²) in [5.74, 6) is 0.697. The van der Waals surface area contributed by atoms with E-state index in [4.69, 9.17) is 4.74 Å². The van der Waals surface area contributed by atoms with Crippen LogP contribution in [0.25, 0.3) is 10.1 Å². The minimum atomic E-state index is 0.697. The Morgan fingerprint density at radius 3 is 3.08 bits per heavy atom. The van der Waals surface area contributed by atoms with Gasteiger partial charge >= 0.3 is 0 Å². The van der Waals surface area contributed by atoms with Crippen molar-refractivity contribution < 1.29 is 4.74 Å². The van der Waals surface area contributed by atoms with Crippen LogP contribution in [-0.2, 0) is 0 Å². The van der Waals surface area contributed by atoms with Gasteiger partial charge in [-0.1, -0.05) is 0 Å². The molecule has 2 nitrogen and oxygen atoms in total. The number of aryl methyl sites for hydroxylation is 1. The van der Waals surface area contributed by atoms with Crippen LogP contribution in [0.2, 0.25) is 0 Å². The molecule has 0 aliphatic rings. The van der Waals surface area contributed by atoms with Crippen molar-refractivity contribution in [2.75, 3.05) is 7.11 Å². The van der Waals surface area contributed by atoms with Crippen LogP contribution in [0.3, 0.4) is 0 Å². The van der Waals surface area contributed by atoms with Crippen molar-refractivity contribution in [3.8, 4) is 5.88 Å². The molecule has 0 saturated heterocycles. The number of nitrogens with zero attached hydrogens (tertiary/aromatic N) is 1. The number of thiophene rings is 1. The van der Waals surface area contributed by atoms with Crippen LogP contribution in [-0.4, -0.2) is 12.1 Å². The highest BCUT2D eigenvalue weighted by Crippen LogP contribution is 2.25. The van der Waals surface area contributed by atoms with Gasteiger partial charge in [-0.2, -0.15) is 0 Å². The quantitative estimate of drug-likeness (QED) is 0.671. The molecule has 0 aliphatic carbocycles. The van der Waals surface area contributed by atoms with E-state index in [1.807, 2.05) is 13.0 Å². The van der Waals surface area contributed by atoms with Gasteiger partial charge in [0.2, 0.25) is 5.88 Å². The van der Waals surface area contributed by atoms with Crippen molar-refractivity contribution in [3.63, 3.8) is 0 Å². The van der Waals surface area contributed by atoms with Crippen molar-refractivity contribution in [2.45, 2.75) is 6.92 Å². The largest absolute Gasteiger partial charge is 0.481 e. The summed E-state index contributed by atoms with van der Waals surface area (Å²) in [4.78, 5) is 4.28. The Morgan fingerprint density at radius 2 is 2.33 bits per heavy atom. The molecule has 0 saturated carbocycles. The van der Waals surface area contributed by atoms with Gasteiger partial charge in [-0.25, -0.2) is 4.98 Å². The topological polar surface area (TPSA) is 22.1 Å². The van der Waals surface area contributed by atoms with Crippen molar-refractivity contribution >= 4 is 21.4 Å². The Labute approximate surface area is 74.8 Å². The van der Waals surface area contributed by atoms with Gasteiger partial charge in [-0.15, -0.1) is 11.3 Å². The van der Waals surface area contributed by atoms with E-state index in [0.717, 1.165) is 5.69 Å². The predicted octanol–water partition coefficient (Wildman–Crippen LogP) is 2.61. The molecule has 0 bridgehead atoms. The smallest absolute Gasteiger partial charge is 0.214 e. The summed E-state index contributed by atoms with van der Waals surface area (Å²) in [5.41, 5.74) is 1.03. The Balaban J connectivity index is 2.75. The maximum atomic E-state index is 5.07. The molecule has 0 spiro atoms. The van der Waals surface area contributed by atoms with E-state index < -0.39 is 0 Å². The van der Waals surface area contributed by atoms with E-state index in [0.29, 0.717) is 5.88 Å². The number of rotatable bonds is 1. The van der Waals surface area contributed by atoms with E-state index in [9.17, 15) is 0 Å². The molecule has 0 fully saturated rings. The molecule has 2 rings (SSSR count). The van der Waals surface area contributed by atoms with Gasteiger partial charge in [0.25, 0.3) is 0 Å². The zero-order chi connectivity index (χ0) is 8.55. The molecule has 2 heterocycles. The van der Waals surface area contributed by atoms with Crippen molar-refractivity contribution in [3.05, 3.63) is 23.2 Å². The monoisotopic (exact) mass is 179 g/mol. The molecular formula is C9H9NOS. The Morgan fingerprint density at radius 1 is 1.50 bits per heavy atom. The van der Waals surface area contributed by atoms with Gasteiger partial charge in [0.05, 0.1) is 7.11 Å². The lowest BCUT2D eigenvalue weighted by Gasteiger charge is -2.00. The third kappa shape index (κ3) is 1.06. The second-order valence-electron chi connectivity index (χ2n) is 2.58. The van der Waals surface area contributed by atoms with Crippen LogP contribution >= 0.6 is 11.3 Å². The average molecular weight is 179 g/mol. The standard InChI is InChI=1S/C9H9NOS/c1-6-7-3-4-12-8(7)5-9(10-6)11-2/h3-5H,1-2H3. The fourth-order valence-corrected chi connectivity index (χ4v) is 2.07. The zero-order valence-corrected chi connectivity index (χ0v) is 7.81. The average Bonchev–Trinajstić information content (AvgIpc) is 2.52. The minimum Gasteiger partial charge on any atom is -0.481 e. The highest BCUT2D eigenvalue weighted by Gasteiger charge is 2.02. The van der Waals surface area contributed by atoms with Crippen molar-refractivity contribution in [2.24, 2.45) is 0 Å². The maximum Gasteiger partial charge on any atom is 0.214 e. The summed E-state index contributed by atoms with van der Waals surface area (Å²) < 4.78 is 6.30.